The molecule has 0 spiro atoms. The van der Waals surface area contributed by atoms with E-state index in [1.165, 1.54) is 6.07 Å². The van der Waals surface area contributed by atoms with Crippen LogP contribution in [0.1, 0.15) is 12.0 Å². The summed E-state index contributed by atoms with van der Waals surface area (Å²) in [6, 6.07) is 8.92. The molecule has 1 saturated heterocycles. The van der Waals surface area contributed by atoms with Gasteiger partial charge in [-0.1, -0.05) is 17.7 Å². The van der Waals surface area contributed by atoms with E-state index < -0.39 is 22.7 Å². The van der Waals surface area contributed by atoms with Gasteiger partial charge in [-0.2, -0.15) is 13.2 Å². The number of amides is 2. The first-order valence-corrected chi connectivity index (χ1v) is 10.8. The van der Waals surface area contributed by atoms with E-state index in [4.69, 9.17) is 11.6 Å². The van der Waals surface area contributed by atoms with Crippen LogP contribution in [0.2, 0.25) is 5.02 Å². The van der Waals surface area contributed by atoms with Gasteiger partial charge >= 0.3 is 6.18 Å². The number of aromatic nitrogens is 1. The van der Waals surface area contributed by atoms with Crippen LogP contribution in [0.4, 0.5) is 24.7 Å². The SMILES string of the molecule is CN(CCC(=O)N1CCN(c2ccccn2)CC1)CC(=O)Nc1ccc(Cl)c(C(F)(F)F)c1. The number of rotatable bonds is 7. The second-order valence-corrected chi connectivity index (χ2v) is 8.19. The molecule has 1 N–H and O–H groups in total. The van der Waals surface area contributed by atoms with Crippen molar-refractivity contribution in [3.63, 3.8) is 0 Å². The number of carbonyl (C=O) groups is 2. The lowest BCUT2D eigenvalue weighted by Gasteiger charge is -2.35. The summed E-state index contributed by atoms with van der Waals surface area (Å²) in [7, 11) is 1.68. The molecule has 11 heteroatoms. The van der Waals surface area contributed by atoms with Gasteiger partial charge < -0.3 is 15.1 Å². The molecule has 1 aromatic carbocycles. The van der Waals surface area contributed by atoms with Gasteiger partial charge in [0.1, 0.15) is 5.82 Å². The zero-order chi connectivity index (χ0) is 24.0. The molecule has 178 valence electrons. The third-order valence-corrected chi connectivity index (χ3v) is 5.61. The predicted octanol–water partition coefficient (Wildman–Crippen LogP) is 3.36. The van der Waals surface area contributed by atoms with Crippen LogP contribution in [-0.4, -0.2) is 72.9 Å². The third kappa shape index (κ3) is 7.06. The molecule has 3 rings (SSSR count). The molecule has 33 heavy (non-hydrogen) atoms. The number of anilines is 2. The summed E-state index contributed by atoms with van der Waals surface area (Å²) in [6.45, 7) is 2.87. The average Bonchev–Trinajstić information content (AvgIpc) is 2.78. The Hall–Kier alpha value is -2.85. The molecule has 0 radical (unpaired) electrons. The van der Waals surface area contributed by atoms with Crippen molar-refractivity contribution in [2.45, 2.75) is 12.6 Å². The van der Waals surface area contributed by atoms with Crippen molar-refractivity contribution in [3.05, 3.63) is 53.2 Å². The molecule has 2 heterocycles. The summed E-state index contributed by atoms with van der Waals surface area (Å²) in [5, 5.41) is 2.00. The number of hydrogen-bond acceptors (Lipinski definition) is 5. The van der Waals surface area contributed by atoms with Crippen LogP contribution >= 0.6 is 11.6 Å². The van der Waals surface area contributed by atoms with Gasteiger partial charge in [0.05, 0.1) is 17.1 Å². The Morgan fingerprint density at radius 3 is 2.52 bits per heavy atom. The van der Waals surface area contributed by atoms with Crippen LogP contribution in [0.3, 0.4) is 0 Å². The van der Waals surface area contributed by atoms with Gasteiger partial charge in [0.15, 0.2) is 0 Å². The van der Waals surface area contributed by atoms with Gasteiger partial charge in [0.25, 0.3) is 0 Å². The van der Waals surface area contributed by atoms with Gasteiger partial charge in [-0.15, -0.1) is 0 Å². The highest BCUT2D eigenvalue weighted by atomic mass is 35.5. The molecule has 1 fully saturated rings. The van der Waals surface area contributed by atoms with E-state index in [0.29, 0.717) is 32.7 Å². The summed E-state index contributed by atoms with van der Waals surface area (Å²) in [4.78, 5) is 34.6. The van der Waals surface area contributed by atoms with Crippen LogP contribution in [0, 0.1) is 0 Å². The lowest BCUT2D eigenvalue weighted by Crippen LogP contribution is -2.49. The molecule has 0 atom stereocenters. The Morgan fingerprint density at radius 1 is 1.15 bits per heavy atom. The largest absolute Gasteiger partial charge is 0.417 e. The maximum absolute atomic E-state index is 13.0. The number of nitrogens with zero attached hydrogens (tertiary/aromatic N) is 4. The van der Waals surface area contributed by atoms with E-state index in [2.05, 4.69) is 15.2 Å². The van der Waals surface area contributed by atoms with Crippen molar-refractivity contribution in [1.82, 2.24) is 14.8 Å². The normalized spacial score (nSPS) is 14.5. The van der Waals surface area contributed by atoms with Crippen molar-refractivity contribution >= 4 is 34.9 Å². The maximum atomic E-state index is 13.0. The molecule has 0 aliphatic carbocycles. The van der Waals surface area contributed by atoms with Gasteiger partial charge in [-0.3, -0.25) is 14.5 Å². The van der Waals surface area contributed by atoms with E-state index in [0.717, 1.165) is 18.0 Å². The molecular weight excluding hydrogens is 459 g/mol. The Morgan fingerprint density at radius 2 is 1.88 bits per heavy atom. The summed E-state index contributed by atoms with van der Waals surface area (Å²) in [6.07, 6.45) is -2.63. The molecule has 1 aliphatic heterocycles. The number of carbonyl (C=O) groups excluding carboxylic acids is 2. The lowest BCUT2D eigenvalue weighted by molar-refractivity contribution is -0.137. The monoisotopic (exact) mass is 483 g/mol. The zero-order valence-electron chi connectivity index (χ0n) is 18.1. The molecule has 0 saturated carbocycles. The molecule has 2 aromatic rings. The van der Waals surface area contributed by atoms with E-state index in [9.17, 15) is 22.8 Å². The molecule has 0 unspecified atom stereocenters. The second-order valence-electron chi connectivity index (χ2n) is 7.78. The molecule has 0 bridgehead atoms. The smallest absolute Gasteiger partial charge is 0.353 e. The summed E-state index contributed by atoms with van der Waals surface area (Å²) < 4.78 is 38.9. The fourth-order valence-electron chi connectivity index (χ4n) is 3.52. The number of piperazine rings is 1. The minimum Gasteiger partial charge on any atom is -0.353 e. The lowest BCUT2D eigenvalue weighted by atomic mass is 10.2. The van der Waals surface area contributed by atoms with Gasteiger partial charge in [-0.05, 0) is 37.4 Å². The maximum Gasteiger partial charge on any atom is 0.417 e. The van der Waals surface area contributed by atoms with Gasteiger partial charge in [0, 0.05) is 51.0 Å². The van der Waals surface area contributed by atoms with Crippen LogP contribution < -0.4 is 10.2 Å². The van der Waals surface area contributed by atoms with Crippen LogP contribution in [0.5, 0.6) is 0 Å². The van der Waals surface area contributed by atoms with Crippen LogP contribution in [0.15, 0.2) is 42.6 Å². The first kappa shape index (κ1) is 24.8. The Kier molecular flexibility index (Phi) is 8.15. The van der Waals surface area contributed by atoms with E-state index >= 15 is 0 Å². The number of halogens is 4. The summed E-state index contributed by atoms with van der Waals surface area (Å²) >= 11 is 5.59. The number of alkyl halides is 3. The first-order chi connectivity index (χ1) is 15.6. The van der Waals surface area contributed by atoms with Crippen LogP contribution in [-0.2, 0) is 15.8 Å². The number of benzene rings is 1. The molecule has 1 aliphatic rings. The zero-order valence-corrected chi connectivity index (χ0v) is 18.9. The van der Waals surface area contributed by atoms with E-state index in [1.807, 2.05) is 18.2 Å². The van der Waals surface area contributed by atoms with Crippen molar-refractivity contribution in [3.8, 4) is 0 Å². The second kappa shape index (κ2) is 10.8. The Labute approximate surface area is 195 Å². The van der Waals surface area contributed by atoms with Gasteiger partial charge in [-0.25, -0.2) is 4.98 Å². The van der Waals surface area contributed by atoms with Crippen molar-refractivity contribution in [2.24, 2.45) is 0 Å². The fraction of sp³-hybridized carbons (Fsp3) is 0.409. The summed E-state index contributed by atoms with van der Waals surface area (Å²) in [5.74, 6) is 0.401. The molecular formula is C22H25ClF3N5O2. The van der Waals surface area contributed by atoms with E-state index in [-0.39, 0.29) is 24.6 Å². The van der Waals surface area contributed by atoms with E-state index in [1.54, 1.807) is 23.0 Å². The minimum atomic E-state index is -4.61. The highest BCUT2D eigenvalue weighted by Gasteiger charge is 2.33. The third-order valence-electron chi connectivity index (χ3n) is 5.28. The number of likely N-dealkylation sites (N-methyl/N-ethyl adjacent to an activating group) is 1. The van der Waals surface area contributed by atoms with Crippen molar-refractivity contribution in [2.75, 3.05) is 56.5 Å². The fourth-order valence-corrected chi connectivity index (χ4v) is 3.74. The van der Waals surface area contributed by atoms with Gasteiger partial charge in [0.2, 0.25) is 11.8 Å². The molecule has 7 nitrogen and oxygen atoms in total. The Balaban J connectivity index is 1.41. The highest BCUT2D eigenvalue weighted by Crippen LogP contribution is 2.36. The Bertz CT molecular complexity index is 966. The minimum absolute atomic E-state index is 0.00421. The predicted molar refractivity (Wildman–Crippen MR) is 120 cm³/mol. The number of pyridine rings is 1. The topological polar surface area (TPSA) is 68.8 Å². The quantitative estimate of drug-likeness (QED) is 0.654. The molecule has 1 aromatic heterocycles. The average molecular weight is 484 g/mol. The standard InChI is InChI=1S/C22H25ClF3N5O2/c1-29(15-20(32)28-16-5-6-18(23)17(14-16)22(24,25)26)9-7-21(33)31-12-10-30(11-13-31)19-4-2-3-8-27-19/h2-6,8,14H,7,9-13,15H2,1H3,(H,28,32). The van der Waals surface area contributed by atoms with Crippen molar-refractivity contribution < 1.29 is 22.8 Å². The first-order valence-electron chi connectivity index (χ1n) is 10.4. The summed E-state index contributed by atoms with van der Waals surface area (Å²) in [5.41, 5.74) is -1.00. The molecule has 2 amide bonds. The number of hydrogen-bond donors (Lipinski definition) is 1. The van der Waals surface area contributed by atoms with Crippen LogP contribution in [0.25, 0.3) is 0 Å². The number of nitrogens with one attached hydrogen (secondary N) is 1. The highest BCUT2D eigenvalue weighted by molar-refractivity contribution is 6.31. The van der Waals surface area contributed by atoms with Crippen molar-refractivity contribution in [1.29, 1.82) is 0 Å².